The lowest BCUT2D eigenvalue weighted by Gasteiger charge is -2.04. The van der Waals surface area contributed by atoms with E-state index in [-0.39, 0.29) is 0 Å². The largest absolute Gasteiger partial charge is 0.448 e. The molecule has 6 heteroatoms. The SMILES string of the molecule is FC(F)(F)C1(Br)N=N1. The molecule has 0 unspecified atom stereocenters. The zero-order valence-electron chi connectivity index (χ0n) is 3.41. The van der Waals surface area contributed by atoms with Crippen LogP contribution in [0.4, 0.5) is 13.2 Å². The van der Waals surface area contributed by atoms with E-state index in [2.05, 4.69) is 26.2 Å². The highest BCUT2D eigenvalue weighted by molar-refractivity contribution is 9.10. The Bertz CT molecular complexity index is 129. The van der Waals surface area contributed by atoms with Crippen molar-refractivity contribution in [2.75, 3.05) is 0 Å². The summed E-state index contributed by atoms with van der Waals surface area (Å²) in [4.78, 5) is 0. The minimum atomic E-state index is -4.37. The van der Waals surface area contributed by atoms with E-state index in [0.29, 0.717) is 0 Å². The summed E-state index contributed by atoms with van der Waals surface area (Å²) in [5, 5.41) is 5.44. The maximum Gasteiger partial charge on any atom is 0.448 e. The Morgan fingerprint density at radius 3 is 1.62 bits per heavy atom. The molecule has 1 heterocycles. The molecule has 0 N–H and O–H groups in total. The van der Waals surface area contributed by atoms with Crippen LogP contribution >= 0.6 is 15.9 Å². The van der Waals surface area contributed by atoms with Crippen LogP contribution in [0.25, 0.3) is 0 Å². The number of hydrogen-bond donors (Lipinski definition) is 0. The fourth-order valence-electron chi connectivity index (χ4n) is 0.157. The second kappa shape index (κ2) is 1.23. The number of rotatable bonds is 0. The fraction of sp³-hybridized carbons (Fsp3) is 1.00. The number of alkyl halides is 4. The second-order valence-corrected chi connectivity index (χ2v) is 2.39. The second-order valence-electron chi connectivity index (χ2n) is 1.28. The molecule has 0 radical (unpaired) electrons. The van der Waals surface area contributed by atoms with Crippen LogP contribution < -0.4 is 0 Å². The van der Waals surface area contributed by atoms with Crippen LogP contribution in [-0.2, 0) is 0 Å². The van der Waals surface area contributed by atoms with Gasteiger partial charge in [0.2, 0.25) is 0 Å². The van der Waals surface area contributed by atoms with Gasteiger partial charge in [-0.05, 0) is 15.9 Å². The van der Waals surface area contributed by atoms with Gasteiger partial charge in [0, 0.05) is 0 Å². The highest BCUT2D eigenvalue weighted by Crippen LogP contribution is 2.48. The quantitative estimate of drug-likeness (QED) is 0.411. The van der Waals surface area contributed by atoms with E-state index in [0.717, 1.165) is 0 Å². The molecule has 0 bridgehead atoms. The molecule has 0 amide bonds. The van der Waals surface area contributed by atoms with Crippen molar-refractivity contribution in [1.82, 2.24) is 0 Å². The van der Waals surface area contributed by atoms with Gasteiger partial charge in [0.15, 0.2) is 0 Å². The molecule has 0 atom stereocenters. The van der Waals surface area contributed by atoms with Gasteiger partial charge in [0.1, 0.15) is 0 Å². The van der Waals surface area contributed by atoms with Gasteiger partial charge in [-0.1, -0.05) is 0 Å². The first-order chi connectivity index (χ1) is 3.46. The third-order valence-corrected chi connectivity index (χ3v) is 1.40. The molecule has 2 nitrogen and oxygen atoms in total. The molecular weight excluding hydrogens is 189 g/mol. The van der Waals surface area contributed by atoms with Crippen molar-refractivity contribution >= 4 is 15.9 Å². The van der Waals surface area contributed by atoms with E-state index in [9.17, 15) is 13.2 Å². The highest BCUT2D eigenvalue weighted by Gasteiger charge is 2.62. The Morgan fingerprint density at radius 2 is 1.62 bits per heavy atom. The molecule has 0 saturated heterocycles. The van der Waals surface area contributed by atoms with Crippen LogP contribution in [-0.4, -0.2) is 10.7 Å². The first-order valence-electron chi connectivity index (χ1n) is 1.65. The average Bonchev–Trinajstić information content (AvgIpc) is 2.16. The molecule has 46 valence electrons. The van der Waals surface area contributed by atoms with Crippen molar-refractivity contribution in [2.24, 2.45) is 10.2 Å². The van der Waals surface area contributed by atoms with Crippen molar-refractivity contribution in [3.63, 3.8) is 0 Å². The van der Waals surface area contributed by atoms with Crippen molar-refractivity contribution < 1.29 is 13.2 Å². The topological polar surface area (TPSA) is 24.7 Å². The molecule has 1 aliphatic heterocycles. The van der Waals surface area contributed by atoms with Gasteiger partial charge >= 0.3 is 10.7 Å². The van der Waals surface area contributed by atoms with Gasteiger partial charge in [0.25, 0.3) is 0 Å². The number of hydrogen-bond acceptors (Lipinski definition) is 2. The summed E-state index contributed by atoms with van der Waals surface area (Å²) in [6.07, 6.45) is -4.37. The van der Waals surface area contributed by atoms with E-state index >= 15 is 0 Å². The third-order valence-electron chi connectivity index (χ3n) is 0.636. The van der Waals surface area contributed by atoms with E-state index in [1.165, 1.54) is 0 Å². The lowest BCUT2D eigenvalue weighted by atomic mass is 10.6. The van der Waals surface area contributed by atoms with Gasteiger partial charge in [-0.25, -0.2) is 0 Å². The first kappa shape index (κ1) is 6.00. The van der Waals surface area contributed by atoms with E-state index in [1.807, 2.05) is 0 Å². The van der Waals surface area contributed by atoms with Crippen molar-refractivity contribution in [3.05, 3.63) is 0 Å². The minimum Gasteiger partial charge on any atom is -0.165 e. The molecule has 1 rings (SSSR count). The van der Waals surface area contributed by atoms with Crippen molar-refractivity contribution in [2.45, 2.75) is 10.7 Å². The van der Waals surface area contributed by atoms with Gasteiger partial charge in [-0.3, -0.25) is 0 Å². The summed E-state index contributed by atoms with van der Waals surface area (Å²) in [7, 11) is 0. The fourth-order valence-corrected chi connectivity index (χ4v) is 0.237. The molecule has 0 saturated carbocycles. The van der Waals surface area contributed by atoms with Crippen LogP contribution in [0.15, 0.2) is 10.2 Å². The molecule has 0 aliphatic carbocycles. The summed E-state index contributed by atoms with van der Waals surface area (Å²) in [6.45, 7) is 0. The highest BCUT2D eigenvalue weighted by atomic mass is 79.9. The average molecular weight is 189 g/mol. The van der Waals surface area contributed by atoms with Crippen molar-refractivity contribution in [1.29, 1.82) is 0 Å². The molecule has 0 aromatic heterocycles. The Labute approximate surface area is 50.9 Å². The first-order valence-corrected chi connectivity index (χ1v) is 2.45. The maximum absolute atomic E-state index is 11.4. The van der Waals surface area contributed by atoms with Crippen LogP contribution in [0, 0.1) is 0 Å². The minimum absolute atomic E-state index is 2.25. The molecule has 8 heavy (non-hydrogen) atoms. The Kier molecular flexibility index (Phi) is 0.922. The van der Waals surface area contributed by atoms with Gasteiger partial charge in [0.05, 0.1) is 0 Å². The van der Waals surface area contributed by atoms with Crippen LogP contribution in [0.2, 0.25) is 0 Å². The standard InChI is InChI=1S/C2BrF3N2/c3-1(7-8-1)2(4,5)6. The Hall–Kier alpha value is -0.130. The molecule has 0 aromatic rings. The van der Waals surface area contributed by atoms with Gasteiger partial charge < -0.3 is 0 Å². The van der Waals surface area contributed by atoms with Crippen LogP contribution in [0.1, 0.15) is 0 Å². The van der Waals surface area contributed by atoms with E-state index < -0.39 is 10.7 Å². The predicted molar refractivity (Wildman–Crippen MR) is 22.6 cm³/mol. The van der Waals surface area contributed by atoms with Gasteiger partial charge in [-0.15, -0.1) is 10.2 Å². The molecule has 0 spiro atoms. The third kappa shape index (κ3) is 0.724. The van der Waals surface area contributed by atoms with Crippen molar-refractivity contribution in [3.8, 4) is 0 Å². The molecule has 0 aromatic carbocycles. The predicted octanol–water partition coefficient (Wildman–Crippen LogP) is 2.06. The molecular formula is C2BrF3N2. The zero-order valence-corrected chi connectivity index (χ0v) is 4.99. The van der Waals surface area contributed by atoms with Gasteiger partial charge in [-0.2, -0.15) is 13.2 Å². The summed E-state index contributed by atoms with van der Waals surface area (Å²) in [5.41, 5.74) is 0. The van der Waals surface area contributed by atoms with Crippen LogP contribution in [0.3, 0.4) is 0 Å². The van der Waals surface area contributed by atoms with Crippen LogP contribution in [0.5, 0.6) is 0 Å². The molecule has 1 aliphatic rings. The Balaban J connectivity index is 2.61. The lowest BCUT2D eigenvalue weighted by molar-refractivity contribution is -0.138. The smallest absolute Gasteiger partial charge is 0.165 e. The summed E-state index contributed by atoms with van der Waals surface area (Å²) in [5.74, 6) is 0. The zero-order chi connectivity index (χ0) is 6.41. The number of nitrogens with zero attached hydrogens (tertiary/aromatic N) is 2. The monoisotopic (exact) mass is 188 g/mol. The normalized spacial score (nSPS) is 23.5. The summed E-state index contributed by atoms with van der Waals surface area (Å²) >= 11 is 2.25. The van der Waals surface area contributed by atoms with E-state index in [4.69, 9.17) is 0 Å². The van der Waals surface area contributed by atoms with E-state index in [1.54, 1.807) is 0 Å². The lowest BCUT2D eigenvalue weighted by Crippen LogP contribution is -2.25. The summed E-state index contributed by atoms with van der Waals surface area (Å²) in [6, 6.07) is 0. The maximum atomic E-state index is 11.4. The Morgan fingerprint density at radius 1 is 1.25 bits per heavy atom. The molecule has 0 fully saturated rings. The summed E-state index contributed by atoms with van der Waals surface area (Å²) < 4.78 is 31.9. The number of halogens is 4.